The summed E-state index contributed by atoms with van der Waals surface area (Å²) in [6.07, 6.45) is -0.703. The van der Waals surface area contributed by atoms with Crippen LogP contribution >= 0.6 is 0 Å². The second-order valence-electron chi connectivity index (χ2n) is 4.84. The Kier molecular flexibility index (Phi) is 4.02. The van der Waals surface area contributed by atoms with Crippen molar-refractivity contribution in [1.82, 2.24) is 5.32 Å². The van der Waals surface area contributed by atoms with Crippen LogP contribution in [-0.2, 0) is 9.53 Å². The van der Waals surface area contributed by atoms with Gasteiger partial charge in [0.25, 0.3) is 11.8 Å². The number of carbonyl (C=O) groups is 3. The van der Waals surface area contributed by atoms with Crippen LogP contribution in [0.25, 0.3) is 0 Å². The van der Waals surface area contributed by atoms with Crippen LogP contribution in [0.4, 0.5) is 0 Å². The summed E-state index contributed by atoms with van der Waals surface area (Å²) < 4.78 is 5.25. The number of rotatable bonds is 3. The fraction of sp³-hybridized carbons (Fsp3) is 0.286. The second kappa shape index (κ2) is 5.74. The van der Waals surface area contributed by atoms with E-state index in [2.05, 4.69) is 10.3 Å². The first-order valence-electron chi connectivity index (χ1n) is 6.33. The van der Waals surface area contributed by atoms with Gasteiger partial charge >= 0.3 is 12.0 Å². The summed E-state index contributed by atoms with van der Waals surface area (Å²) in [5, 5.41) is 11.4. The van der Waals surface area contributed by atoms with Crippen molar-refractivity contribution >= 4 is 23.8 Å². The highest BCUT2D eigenvalue weighted by Gasteiger charge is 2.34. The number of carboxylic acid groups (broad SMARTS) is 1. The van der Waals surface area contributed by atoms with E-state index in [4.69, 9.17) is 9.84 Å². The van der Waals surface area contributed by atoms with E-state index >= 15 is 0 Å². The number of amidine groups is 1. The summed E-state index contributed by atoms with van der Waals surface area (Å²) in [7, 11) is 0. The Hall–Kier alpha value is -2.70. The quantitative estimate of drug-likeness (QED) is 0.865. The van der Waals surface area contributed by atoms with Gasteiger partial charge in [-0.15, -0.1) is 0 Å². The SMILES string of the molecule is CC(C)[C@H]1OC(=NC(=O)c2ccccc2C(=O)O)NC1=O. The van der Waals surface area contributed by atoms with Gasteiger partial charge in [-0.1, -0.05) is 26.0 Å². The predicted molar refractivity (Wildman–Crippen MR) is 73.0 cm³/mol. The molecule has 110 valence electrons. The van der Waals surface area contributed by atoms with Gasteiger partial charge in [-0.05, 0) is 18.1 Å². The lowest BCUT2D eigenvalue weighted by atomic mass is 10.1. The third-order valence-electron chi connectivity index (χ3n) is 2.92. The van der Waals surface area contributed by atoms with Crippen molar-refractivity contribution in [2.24, 2.45) is 10.9 Å². The largest absolute Gasteiger partial charge is 0.478 e. The van der Waals surface area contributed by atoms with E-state index in [1.807, 2.05) is 0 Å². The highest BCUT2D eigenvalue weighted by atomic mass is 16.5. The highest BCUT2D eigenvalue weighted by molar-refractivity contribution is 6.11. The van der Waals surface area contributed by atoms with E-state index < -0.39 is 18.0 Å². The van der Waals surface area contributed by atoms with Crippen molar-refractivity contribution in [3.63, 3.8) is 0 Å². The first-order chi connectivity index (χ1) is 9.90. The highest BCUT2D eigenvalue weighted by Crippen LogP contribution is 2.14. The number of aromatic carboxylic acids is 1. The third kappa shape index (κ3) is 3.07. The molecule has 1 saturated heterocycles. The Labute approximate surface area is 120 Å². The van der Waals surface area contributed by atoms with Crippen molar-refractivity contribution in [2.45, 2.75) is 20.0 Å². The lowest BCUT2D eigenvalue weighted by molar-refractivity contribution is -0.124. The van der Waals surface area contributed by atoms with Crippen LogP contribution in [0.3, 0.4) is 0 Å². The number of carboxylic acids is 1. The molecule has 0 aliphatic carbocycles. The summed E-state index contributed by atoms with van der Waals surface area (Å²) in [6, 6.07) is 5.50. The van der Waals surface area contributed by atoms with Gasteiger partial charge in [-0.3, -0.25) is 14.9 Å². The number of nitrogens with one attached hydrogen (secondary N) is 1. The normalized spacial score (nSPS) is 19.5. The fourth-order valence-electron chi connectivity index (χ4n) is 1.88. The molecule has 2 amide bonds. The van der Waals surface area contributed by atoms with Crippen molar-refractivity contribution < 1.29 is 24.2 Å². The molecule has 7 heteroatoms. The van der Waals surface area contributed by atoms with Gasteiger partial charge in [0.15, 0.2) is 6.10 Å². The summed E-state index contributed by atoms with van der Waals surface area (Å²) >= 11 is 0. The molecular formula is C14H14N2O5. The molecular weight excluding hydrogens is 276 g/mol. The summed E-state index contributed by atoms with van der Waals surface area (Å²) in [5.74, 6) is -2.45. The fourth-order valence-corrected chi connectivity index (χ4v) is 1.88. The minimum Gasteiger partial charge on any atom is -0.478 e. The zero-order valence-electron chi connectivity index (χ0n) is 11.5. The Bertz CT molecular complexity index is 636. The second-order valence-corrected chi connectivity index (χ2v) is 4.84. The van der Waals surface area contributed by atoms with Crippen LogP contribution in [0, 0.1) is 5.92 Å². The molecule has 1 heterocycles. The van der Waals surface area contributed by atoms with Gasteiger partial charge in [-0.25, -0.2) is 4.79 Å². The molecule has 2 N–H and O–H groups in total. The molecule has 2 rings (SSSR count). The topological polar surface area (TPSA) is 105 Å². The van der Waals surface area contributed by atoms with Gasteiger partial charge in [0.2, 0.25) is 0 Å². The average molecular weight is 290 g/mol. The van der Waals surface area contributed by atoms with Gasteiger partial charge in [0.05, 0.1) is 11.1 Å². The van der Waals surface area contributed by atoms with E-state index in [9.17, 15) is 14.4 Å². The van der Waals surface area contributed by atoms with Crippen LogP contribution in [-0.4, -0.2) is 35.0 Å². The number of hydrogen-bond acceptors (Lipinski definition) is 4. The van der Waals surface area contributed by atoms with Crippen molar-refractivity contribution in [2.75, 3.05) is 0 Å². The zero-order valence-corrected chi connectivity index (χ0v) is 11.5. The van der Waals surface area contributed by atoms with Crippen LogP contribution in [0.15, 0.2) is 29.3 Å². The van der Waals surface area contributed by atoms with E-state index in [1.54, 1.807) is 13.8 Å². The molecule has 1 fully saturated rings. The van der Waals surface area contributed by atoms with E-state index in [-0.39, 0.29) is 29.0 Å². The molecule has 0 spiro atoms. The summed E-state index contributed by atoms with van der Waals surface area (Å²) in [4.78, 5) is 38.3. The first kappa shape index (κ1) is 14.7. The van der Waals surface area contributed by atoms with Crippen LogP contribution in [0.2, 0.25) is 0 Å². The van der Waals surface area contributed by atoms with E-state index in [1.165, 1.54) is 24.3 Å². The summed E-state index contributed by atoms with van der Waals surface area (Å²) in [5.41, 5.74) is -0.222. The van der Waals surface area contributed by atoms with Gasteiger partial charge in [0, 0.05) is 0 Å². The number of aliphatic imine (C=N–C) groups is 1. The molecule has 1 aromatic rings. The molecule has 1 atom stereocenters. The number of ether oxygens (including phenoxy) is 1. The maximum atomic E-state index is 12.0. The minimum absolute atomic E-state index is 0.0663. The smallest absolute Gasteiger partial charge is 0.336 e. The maximum absolute atomic E-state index is 12.0. The van der Waals surface area contributed by atoms with Gasteiger partial charge in [-0.2, -0.15) is 4.99 Å². The zero-order chi connectivity index (χ0) is 15.6. The summed E-state index contributed by atoms with van der Waals surface area (Å²) in [6.45, 7) is 3.60. The van der Waals surface area contributed by atoms with Crippen molar-refractivity contribution in [1.29, 1.82) is 0 Å². The Balaban J connectivity index is 2.25. The number of amides is 2. The van der Waals surface area contributed by atoms with Gasteiger partial charge in [0.1, 0.15) is 0 Å². The minimum atomic E-state index is -1.23. The molecule has 0 saturated carbocycles. The monoisotopic (exact) mass is 290 g/mol. The van der Waals surface area contributed by atoms with Crippen molar-refractivity contribution in [3.8, 4) is 0 Å². The number of hydrogen-bond donors (Lipinski definition) is 2. The molecule has 1 aliphatic heterocycles. The van der Waals surface area contributed by atoms with Crippen molar-refractivity contribution in [3.05, 3.63) is 35.4 Å². The molecule has 0 aromatic heterocycles. The number of carbonyl (C=O) groups excluding carboxylic acids is 2. The first-order valence-corrected chi connectivity index (χ1v) is 6.33. The molecule has 21 heavy (non-hydrogen) atoms. The Morgan fingerprint density at radius 2 is 1.90 bits per heavy atom. The van der Waals surface area contributed by atoms with Crippen LogP contribution in [0.5, 0.6) is 0 Å². The molecule has 1 aromatic carbocycles. The van der Waals surface area contributed by atoms with Crippen LogP contribution in [0.1, 0.15) is 34.6 Å². The molecule has 0 unspecified atom stereocenters. The molecule has 0 bridgehead atoms. The Morgan fingerprint density at radius 1 is 1.29 bits per heavy atom. The number of benzene rings is 1. The Morgan fingerprint density at radius 3 is 2.43 bits per heavy atom. The lowest BCUT2D eigenvalue weighted by Gasteiger charge is -2.09. The maximum Gasteiger partial charge on any atom is 0.336 e. The van der Waals surface area contributed by atoms with Gasteiger partial charge < -0.3 is 9.84 Å². The average Bonchev–Trinajstić information content (AvgIpc) is 2.79. The van der Waals surface area contributed by atoms with E-state index in [0.29, 0.717) is 0 Å². The number of nitrogens with zero attached hydrogens (tertiary/aromatic N) is 1. The van der Waals surface area contributed by atoms with Crippen LogP contribution < -0.4 is 5.32 Å². The molecule has 1 aliphatic rings. The standard InChI is InChI=1S/C14H14N2O5/c1-7(2)10-12(18)16-14(21-10)15-11(17)8-5-3-4-6-9(8)13(19)20/h3-7,10H,1-2H3,(H,19,20)(H,15,16,17,18)/t10-/m1/s1. The third-order valence-corrected chi connectivity index (χ3v) is 2.92. The molecule has 0 radical (unpaired) electrons. The van der Waals surface area contributed by atoms with E-state index in [0.717, 1.165) is 0 Å². The predicted octanol–water partition coefficient (Wildman–Crippen LogP) is 1.05. The lowest BCUT2D eigenvalue weighted by Crippen LogP contribution is -2.28. The molecule has 7 nitrogen and oxygen atoms in total.